The standard InChI is InChI=1S/C18H23N5O5S/c1-11(16(24)19-12-2-3-12)22-6-8-23(9-7-22)29(27,28)13-4-5-14-15(10-13)21-18(26)17(25)20-14/h4-5,10-12H,2-3,6-9H2,1H3,(H,19,24)(H,20,25)(H,21,26). The van der Waals surface area contributed by atoms with Gasteiger partial charge in [-0.2, -0.15) is 4.31 Å². The van der Waals surface area contributed by atoms with E-state index < -0.39 is 21.1 Å². The van der Waals surface area contributed by atoms with E-state index in [9.17, 15) is 22.8 Å². The lowest BCUT2D eigenvalue weighted by molar-refractivity contribution is -0.126. The smallest absolute Gasteiger partial charge is 0.314 e. The third kappa shape index (κ3) is 3.98. The van der Waals surface area contributed by atoms with Crippen molar-refractivity contribution in [1.29, 1.82) is 0 Å². The first-order valence-corrected chi connectivity index (χ1v) is 11.0. The molecule has 2 aliphatic rings. The van der Waals surface area contributed by atoms with Crippen molar-refractivity contribution >= 4 is 27.0 Å². The van der Waals surface area contributed by atoms with Crippen molar-refractivity contribution in [2.45, 2.75) is 36.7 Å². The fourth-order valence-electron chi connectivity index (χ4n) is 3.45. The molecule has 1 amide bonds. The Labute approximate surface area is 167 Å². The van der Waals surface area contributed by atoms with E-state index in [1.165, 1.54) is 22.5 Å². The molecule has 1 atom stereocenters. The molecule has 0 radical (unpaired) electrons. The minimum atomic E-state index is -3.76. The van der Waals surface area contributed by atoms with E-state index in [0.29, 0.717) is 24.6 Å². The second-order valence-electron chi connectivity index (χ2n) is 7.51. The number of amides is 1. The van der Waals surface area contributed by atoms with Gasteiger partial charge in [0.15, 0.2) is 0 Å². The first-order valence-electron chi connectivity index (χ1n) is 9.56. The highest BCUT2D eigenvalue weighted by molar-refractivity contribution is 7.89. The van der Waals surface area contributed by atoms with Crippen molar-refractivity contribution in [2.24, 2.45) is 0 Å². The number of fused-ring (bicyclic) bond motifs is 1. The number of carbonyl (C=O) groups excluding carboxylic acids is 1. The van der Waals surface area contributed by atoms with Crippen LogP contribution in [0.15, 0.2) is 32.7 Å². The van der Waals surface area contributed by atoms with E-state index in [1.807, 2.05) is 11.8 Å². The van der Waals surface area contributed by atoms with Crippen LogP contribution in [0.1, 0.15) is 19.8 Å². The van der Waals surface area contributed by atoms with Gasteiger partial charge in [0.2, 0.25) is 15.9 Å². The Morgan fingerprint density at radius 2 is 1.69 bits per heavy atom. The lowest BCUT2D eigenvalue weighted by atomic mass is 10.2. The van der Waals surface area contributed by atoms with E-state index in [0.717, 1.165) is 12.8 Å². The summed E-state index contributed by atoms with van der Waals surface area (Å²) >= 11 is 0. The number of benzene rings is 1. The zero-order valence-corrected chi connectivity index (χ0v) is 16.8. The number of nitrogens with zero attached hydrogens (tertiary/aromatic N) is 2. The van der Waals surface area contributed by atoms with E-state index in [1.54, 1.807) is 0 Å². The van der Waals surface area contributed by atoms with Gasteiger partial charge < -0.3 is 15.3 Å². The van der Waals surface area contributed by atoms with E-state index >= 15 is 0 Å². The summed E-state index contributed by atoms with van der Waals surface area (Å²) < 4.78 is 27.4. The molecule has 3 N–H and O–H groups in total. The lowest BCUT2D eigenvalue weighted by Crippen LogP contribution is -2.55. The van der Waals surface area contributed by atoms with Crippen molar-refractivity contribution in [3.05, 3.63) is 38.9 Å². The highest BCUT2D eigenvalue weighted by Gasteiger charge is 2.33. The number of hydrogen-bond donors (Lipinski definition) is 3. The quantitative estimate of drug-likeness (QED) is 0.541. The van der Waals surface area contributed by atoms with Crippen molar-refractivity contribution in [3.8, 4) is 0 Å². The van der Waals surface area contributed by atoms with Gasteiger partial charge in [-0.15, -0.1) is 0 Å². The van der Waals surface area contributed by atoms with Gasteiger partial charge in [0, 0.05) is 32.2 Å². The largest absolute Gasteiger partial charge is 0.352 e. The number of piperazine rings is 1. The maximum Gasteiger partial charge on any atom is 0.314 e. The first kappa shape index (κ1) is 19.8. The molecule has 1 saturated heterocycles. The van der Waals surface area contributed by atoms with Crippen LogP contribution in [0.5, 0.6) is 0 Å². The number of sulfonamides is 1. The molecular formula is C18H23N5O5S. The average molecular weight is 421 g/mol. The number of aromatic amines is 2. The molecule has 4 rings (SSSR count). The SMILES string of the molecule is CC(C(=O)NC1CC1)N1CCN(S(=O)(=O)c2ccc3[nH]c(=O)c(=O)[nH]c3c2)CC1. The topological polar surface area (TPSA) is 135 Å². The Morgan fingerprint density at radius 1 is 1.07 bits per heavy atom. The van der Waals surface area contributed by atoms with Crippen molar-refractivity contribution in [2.75, 3.05) is 26.2 Å². The molecule has 0 bridgehead atoms. The Balaban J connectivity index is 1.48. The molecule has 1 aliphatic heterocycles. The van der Waals surface area contributed by atoms with Crippen molar-refractivity contribution in [3.63, 3.8) is 0 Å². The zero-order chi connectivity index (χ0) is 20.8. The van der Waals surface area contributed by atoms with E-state index in [2.05, 4.69) is 15.3 Å². The lowest BCUT2D eigenvalue weighted by Gasteiger charge is -2.36. The molecule has 1 aromatic heterocycles. The Bertz CT molecular complexity index is 1160. The molecule has 1 aliphatic carbocycles. The van der Waals surface area contributed by atoms with Gasteiger partial charge in [-0.25, -0.2) is 8.42 Å². The van der Waals surface area contributed by atoms with Gasteiger partial charge in [-0.1, -0.05) is 0 Å². The monoisotopic (exact) mass is 421 g/mol. The molecule has 2 heterocycles. The van der Waals surface area contributed by atoms with Gasteiger partial charge in [-0.05, 0) is 38.0 Å². The fraction of sp³-hybridized carbons (Fsp3) is 0.500. The summed E-state index contributed by atoms with van der Waals surface area (Å²) in [5.74, 6) is -0.0173. The van der Waals surface area contributed by atoms with Gasteiger partial charge in [0.05, 0.1) is 22.0 Å². The zero-order valence-electron chi connectivity index (χ0n) is 16.0. The summed E-state index contributed by atoms with van der Waals surface area (Å²) in [6.07, 6.45) is 2.05. The Kier molecular flexibility index (Phi) is 5.05. The third-order valence-corrected chi connectivity index (χ3v) is 7.35. The molecule has 0 spiro atoms. The fourth-order valence-corrected chi connectivity index (χ4v) is 4.90. The van der Waals surface area contributed by atoms with Crippen molar-refractivity contribution in [1.82, 2.24) is 24.5 Å². The highest BCUT2D eigenvalue weighted by atomic mass is 32.2. The minimum Gasteiger partial charge on any atom is -0.352 e. The van der Waals surface area contributed by atoms with Crippen LogP contribution in [0.3, 0.4) is 0 Å². The number of carbonyl (C=O) groups is 1. The molecule has 1 saturated carbocycles. The van der Waals surface area contributed by atoms with Crippen LogP contribution < -0.4 is 16.4 Å². The molecule has 10 nitrogen and oxygen atoms in total. The molecular weight excluding hydrogens is 398 g/mol. The highest BCUT2D eigenvalue weighted by Crippen LogP contribution is 2.22. The van der Waals surface area contributed by atoms with E-state index in [4.69, 9.17) is 0 Å². The second kappa shape index (κ2) is 7.39. The molecule has 1 aromatic carbocycles. The van der Waals surface area contributed by atoms with E-state index in [-0.39, 0.29) is 35.5 Å². The summed E-state index contributed by atoms with van der Waals surface area (Å²) in [5, 5.41) is 2.98. The summed E-state index contributed by atoms with van der Waals surface area (Å²) in [7, 11) is -3.76. The number of rotatable bonds is 5. The third-order valence-electron chi connectivity index (χ3n) is 5.46. The summed E-state index contributed by atoms with van der Waals surface area (Å²) in [6, 6.07) is 4.20. The minimum absolute atomic E-state index is 0.0173. The van der Waals surface area contributed by atoms with Gasteiger partial charge in [0.1, 0.15) is 0 Å². The molecule has 29 heavy (non-hydrogen) atoms. The van der Waals surface area contributed by atoms with Crippen LogP contribution in [0.4, 0.5) is 0 Å². The van der Waals surface area contributed by atoms with Gasteiger partial charge >= 0.3 is 11.1 Å². The predicted octanol–water partition coefficient (Wildman–Crippen LogP) is -0.810. The molecule has 156 valence electrons. The molecule has 1 unspecified atom stereocenters. The van der Waals surface area contributed by atoms with Crippen LogP contribution in [0.2, 0.25) is 0 Å². The van der Waals surface area contributed by atoms with Crippen LogP contribution in [0, 0.1) is 0 Å². The molecule has 11 heteroatoms. The average Bonchev–Trinajstić information content (AvgIpc) is 3.52. The van der Waals surface area contributed by atoms with Crippen LogP contribution in [0.25, 0.3) is 11.0 Å². The van der Waals surface area contributed by atoms with Crippen LogP contribution >= 0.6 is 0 Å². The Morgan fingerprint density at radius 3 is 2.31 bits per heavy atom. The van der Waals surface area contributed by atoms with Crippen LogP contribution in [-0.2, 0) is 14.8 Å². The number of nitrogens with one attached hydrogen (secondary N) is 3. The van der Waals surface area contributed by atoms with Crippen LogP contribution in [-0.4, -0.2) is 71.8 Å². The van der Waals surface area contributed by atoms with Crippen molar-refractivity contribution < 1.29 is 13.2 Å². The summed E-state index contributed by atoms with van der Waals surface area (Å²) in [5.41, 5.74) is -1.02. The normalized spacial score (nSPS) is 19.9. The second-order valence-corrected chi connectivity index (χ2v) is 9.45. The maximum atomic E-state index is 13.0. The first-order chi connectivity index (χ1) is 13.8. The number of aromatic nitrogens is 2. The molecule has 2 aromatic rings. The summed E-state index contributed by atoms with van der Waals surface area (Å²) in [6.45, 7) is 3.28. The predicted molar refractivity (Wildman–Crippen MR) is 106 cm³/mol. The van der Waals surface area contributed by atoms with Gasteiger partial charge in [0.25, 0.3) is 0 Å². The Hall–Kier alpha value is -2.50. The van der Waals surface area contributed by atoms with Gasteiger partial charge in [-0.3, -0.25) is 19.3 Å². The number of hydrogen-bond acceptors (Lipinski definition) is 6. The molecule has 2 fully saturated rings. The number of H-pyrrole nitrogens is 2. The maximum absolute atomic E-state index is 13.0. The summed E-state index contributed by atoms with van der Waals surface area (Å²) in [4.78, 5) is 42.0.